The van der Waals surface area contributed by atoms with Crippen molar-refractivity contribution in [2.45, 2.75) is 30.5 Å². The van der Waals surface area contributed by atoms with Crippen LogP contribution in [0.5, 0.6) is 11.5 Å². The summed E-state index contributed by atoms with van der Waals surface area (Å²) in [6, 6.07) is 25.3. The van der Waals surface area contributed by atoms with Gasteiger partial charge in [0.2, 0.25) is 5.95 Å². The number of hydrogen-bond donors (Lipinski definition) is 2. The lowest BCUT2D eigenvalue weighted by Crippen LogP contribution is -2.38. The number of aliphatic hydroxyl groups is 1. The van der Waals surface area contributed by atoms with Gasteiger partial charge in [-0.15, -0.1) is 0 Å². The number of imidazole rings is 1. The molecule has 2 aromatic heterocycles. The van der Waals surface area contributed by atoms with E-state index in [1.807, 2.05) is 78.9 Å². The van der Waals surface area contributed by atoms with Crippen molar-refractivity contribution in [3.05, 3.63) is 112 Å². The summed E-state index contributed by atoms with van der Waals surface area (Å²) in [4.78, 5) is 15.3. The SMILES string of the molecule is COc1ccc(C(OC[C@H]2O[C@@H](n3cnc4c(N)nc(N=[N+]=[N-])nc43)C[C@@H]2O)(c2ccccc2)c2ccc(OC)cc2)cc1. The third-order valence-corrected chi connectivity index (χ3v) is 7.72. The Morgan fingerprint density at radius 3 is 2.18 bits per heavy atom. The fraction of sp³-hybridized carbons (Fsp3) is 0.258. The molecular formula is C31H30N8O5. The van der Waals surface area contributed by atoms with Crippen LogP contribution in [0.3, 0.4) is 0 Å². The van der Waals surface area contributed by atoms with Crippen LogP contribution >= 0.6 is 0 Å². The highest BCUT2D eigenvalue weighted by molar-refractivity contribution is 5.82. The molecule has 3 N–H and O–H groups in total. The molecule has 0 aliphatic carbocycles. The fourth-order valence-corrected chi connectivity index (χ4v) is 5.54. The second kappa shape index (κ2) is 12.2. The lowest BCUT2D eigenvalue weighted by Gasteiger charge is -2.37. The van der Waals surface area contributed by atoms with Crippen LogP contribution in [0.2, 0.25) is 0 Å². The number of aromatic nitrogens is 4. The maximum Gasteiger partial charge on any atom is 0.220 e. The molecule has 3 atom stereocenters. The zero-order valence-electron chi connectivity index (χ0n) is 24.0. The molecule has 13 heteroatoms. The van der Waals surface area contributed by atoms with Crippen molar-refractivity contribution in [1.29, 1.82) is 0 Å². The van der Waals surface area contributed by atoms with E-state index in [2.05, 4.69) is 25.0 Å². The van der Waals surface area contributed by atoms with Crippen LogP contribution in [0, 0.1) is 0 Å². The summed E-state index contributed by atoms with van der Waals surface area (Å²) >= 11 is 0. The summed E-state index contributed by atoms with van der Waals surface area (Å²) in [5.74, 6) is 1.36. The van der Waals surface area contributed by atoms with Gasteiger partial charge in [-0.1, -0.05) is 54.6 Å². The Kier molecular flexibility index (Phi) is 8.01. The first-order chi connectivity index (χ1) is 21.5. The Labute approximate surface area is 252 Å². The highest BCUT2D eigenvalue weighted by atomic mass is 16.6. The molecule has 0 bridgehead atoms. The van der Waals surface area contributed by atoms with E-state index in [4.69, 9.17) is 30.2 Å². The maximum atomic E-state index is 11.2. The minimum atomic E-state index is -1.07. The maximum absolute atomic E-state index is 11.2. The number of azide groups is 1. The summed E-state index contributed by atoms with van der Waals surface area (Å²) in [5, 5.41) is 14.6. The first-order valence-electron chi connectivity index (χ1n) is 13.8. The number of fused-ring (bicyclic) bond motifs is 1. The number of ether oxygens (including phenoxy) is 4. The predicted molar refractivity (Wildman–Crippen MR) is 161 cm³/mol. The molecule has 0 unspecified atom stereocenters. The van der Waals surface area contributed by atoms with E-state index >= 15 is 0 Å². The van der Waals surface area contributed by atoms with Crippen LogP contribution < -0.4 is 15.2 Å². The monoisotopic (exact) mass is 594 g/mol. The zero-order valence-corrected chi connectivity index (χ0v) is 24.0. The van der Waals surface area contributed by atoms with E-state index in [0.29, 0.717) is 22.7 Å². The van der Waals surface area contributed by atoms with Crippen LogP contribution in [0.4, 0.5) is 11.8 Å². The van der Waals surface area contributed by atoms with E-state index < -0.39 is 24.0 Å². The van der Waals surface area contributed by atoms with Crippen LogP contribution in [0.1, 0.15) is 29.3 Å². The number of rotatable bonds is 10. The number of hydrogen-bond acceptors (Lipinski definition) is 10. The molecule has 0 saturated carbocycles. The Bertz CT molecular complexity index is 1740. The normalized spacial score (nSPS) is 18.2. The molecule has 224 valence electrons. The smallest absolute Gasteiger partial charge is 0.220 e. The molecule has 13 nitrogen and oxygen atoms in total. The lowest BCUT2D eigenvalue weighted by molar-refractivity contribution is -0.0931. The van der Waals surface area contributed by atoms with Gasteiger partial charge in [0.05, 0.1) is 33.3 Å². The van der Waals surface area contributed by atoms with Crippen molar-refractivity contribution < 1.29 is 24.1 Å². The summed E-state index contributed by atoms with van der Waals surface area (Å²) < 4.78 is 25.8. The molecule has 6 rings (SSSR count). The summed E-state index contributed by atoms with van der Waals surface area (Å²) in [6.07, 6.45) is -0.450. The topological polar surface area (TPSA) is 176 Å². The minimum absolute atomic E-state index is 0.0400. The second-order valence-corrected chi connectivity index (χ2v) is 10.2. The molecule has 1 saturated heterocycles. The molecule has 1 aliphatic heterocycles. The Hall–Kier alpha value is -5.20. The average molecular weight is 595 g/mol. The van der Waals surface area contributed by atoms with Crippen molar-refractivity contribution in [2.24, 2.45) is 5.11 Å². The average Bonchev–Trinajstić information content (AvgIpc) is 3.66. The standard InChI is InChI=1S/C31H30N8O5/c1-41-22-12-8-20(9-13-22)31(19-6-4-3-5-7-19,21-10-14-23(42-2)15-11-21)43-17-25-24(40)16-26(44-25)39-18-34-27-28(32)35-30(37-38-33)36-29(27)39/h3-15,18,24-26,40H,16-17H2,1-2H3,(H2,32,35,36)/t24-,25+,26+/m0/s1. The largest absolute Gasteiger partial charge is 0.497 e. The minimum Gasteiger partial charge on any atom is -0.497 e. The van der Waals surface area contributed by atoms with Crippen molar-refractivity contribution in [3.63, 3.8) is 0 Å². The third kappa shape index (κ3) is 5.25. The Morgan fingerprint density at radius 2 is 1.59 bits per heavy atom. The van der Waals surface area contributed by atoms with Gasteiger partial charge in [0.1, 0.15) is 34.9 Å². The molecule has 1 fully saturated rings. The number of anilines is 1. The molecule has 3 aromatic carbocycles. The summed E-state index contributed by atoms with van der Waals surface area (Å²) in [6.45, 7) is 0.0400. The molecule has 1 aliphatic rings. The number of aliphatic hydroxyl groups excluding tert-OH is 1. The van der Waals surface area contributed by atoms with Gasteiger partial charge in [-0.3, -0.25) is 4.57 Å². The van der Waals surface area contributed by atoms with Gasteiger partial charge in [0.25, 0.3) is 0 Å². The molecule has 5 aromatic rings. The molecule has 0 radical (unpaired) electrons. The predicted octanol–water partition coefficient (Wildman–Crippen LogP) is 5.02. The van der Waals surface area contributed by atoms with Crippen molar-refractivity contribution in [2.75, 3.05) is 26.6 Å². The van der Waals surface area contributed by atoms with Crippen molar-refractivity contribution in [3.8, 4) is 11.5 Å². The van der Waals surface area contributed by atoms with E-state index in [0.717, 1.165) is 16.7 Å². The number of methoxy groups -OCH3 is 2. The van der Waals surface area contributed by atoms with E-state index in [1.165, 1.54) is 6.33 Å². The summed E-state index contributed by atoms with van der Waals surface area (Å²) in [7, 11) is 3.24. The van der Waals surface area contributed by atoms with Crippen LogP contribution in [0.15, 0.2) is 90.3 Å². The van der Waals surface area contributed by atoms with Gasteiger partial charge in [-0.25, -0.2) is 15.0 Å². The first kappa shape index (κ1) is 28.9. The number of benzene rings is 3. The van der Waals surface area contributed by atoms with E-state index in [9.17, 15) is 5.11 Å². The molecular weight excluding hydrogens is 564 g/mol. The second-order valence-electron chi connectivity index (χ2n) is 10.2. The Balaban J connectivity index is 1.36. The quantitative estimate of drug-likeness (QED) is 0.0972. The van der Waals surface area contributed by atoms with Crippen molar-refractivity contribution in [1.82, 2.24) is 19.5 Å². The van der Waals surface area contributed by atoms with Crippen LogP contribution in [-0.4, -0.2) is 57.7 Å². The number of nitrogen functional groups attached to an aromatic ring is 1. The third-order valence-electron chi connectivity index (χ3n) is 7.72. The van der Waals surface area contributed by atoms with E-state index in [-0.39, 0.29) is 24.8 Å². The zero-order chi connectivity index (χ0) is 30.7. The highest BCUT2D eigenvalue weighted by Gasteiger charge is 2.42. The summed E-state index contributed by atoms with van der Waals surface area (Å²) in [5.41, 5.74) is 17.0. The fourth-order valence-electron chi connectivity index (χ4n) is 5.54. The Morgan fingerprint density at radius 1 is 0.977 bits per heavy atom. The van der Waals surface area contributed by atoms with Gasteiger partial charge in [0.15, 0.2) is 11.5 Å². The molecule has 0 amide bonds. The van der Waals surface area contributed by atoms with E-state index in [1.54, 1.807) is 18.8 Å². The first-order valence-corrected chi connectivity index (χ1v) is 13.8. The van der Waals surface area contributed by atoms with Crippen molar-refractivity contribution >= 4 is 22.9 Å². The van der Waals surface area contributed by atoms with Gasteiger partial charge in [-0.05, 0) is 51.6 Å². The van der Waals surface area contributed by atoms with Gasteiger partial charge >= 0.3 is 0 Å². The molecule has 44 heavy (non-hydrogen) atoms. The van der Waals surface area contributed by atoms with Crippen LogP contribution in [-0.2, 0) is 15.1 Å². The van der Waals surface area contributed by atoms with Gasteiger partial charge in [0, 0.05) is 11.3 Å². The number of nitrogens with two attached hydrogens (primary N) is 1. The van der Waals surface area contributed by atoms with Crippen LogP contribution in [0.25, 0.3) is 21.6 Å². The lowest BCUT2D eigenvalue weighted by atomic mass is 9.80. The van der Waals surface area contributed by atoms with Gasteiger partial charge < -0.3 is 29.8 Å². The van der Waals surface area contributed by atoms with Gasteiger partial charge in [-0.2, -0.15) is 0 Å². The number of nitrogens with zero attached hydrogens (tertiary/aromatic N) is 7. The molecule has 0 spiro atoms. The highest BCUT2D eigenvalue weighted by Crippen LogP contribution is 2.43. The molecule has 3 heterocycles.